The van der Waals surface area contributed by atoms with Crippen LogP contribution in [0.2, 0.25) is 0 Å². The largest absolute Gasteiger partial charge is 0.376 e. The molecule has 158 valence electrons. The lowest BCUT2D eigenvalue weighted by molar-refractivity contribution is 0.0957. The zero-order valence-electron chi connectivity index (χ0n) is 17.4. The second kappa shape index (κ2) is 8.73. The molecule has 8 heteroatoms. The fourth-order valence-corrected chi connectivity index (χ4v) is 4.65. The van der Waals surface area contributed by atoms with Crippen LogP contribution in [0.15, 0.2) is 35.5 Å². The highest BCUT2D eigenvalue weighted by atomic mass is 32.2. The van der Waals surface area contributed by atoms with Gasteiger partial charge in [-0.25, -0.2) is 4.39 Å². The molecular weight excluding hydrogens is 403 g/mol. The summed E-state index contributed by atoms with van der Waals surface area (Å²) < 4.78 is 22.9. The summed E-state index contributed by atoms with van der Waals surface area (Å²) in [6.07, 6.45) is 2.40. The zero-order chi connectivity index (χ0) is 21.3. The van der Waals surface area contributed by atoms with Gasteiger partial charge < -0.3 is 13.9 Å². The first-order chi connectivity index (χ1) is 14.4. The molecule has 3 aromatic rings. The van der Waals surface area contributed by atoms with Crippen molar-refractivity contribution in [3.8, 4) is 11.4 Å². The van der Waals surface area contributed by atoms with Gasteiger partial charge in [0.05, 0.1) is 11.9 Å². The molecule has 0 amide bonds. The Morgan fingerprint density at radius 3 is 2.73 bits per heavy atom. The van der Waals surface area contributed by atoms with Gasteiger partial charge in [0.2, 0.25) is 0 Å². The fourth-order valence-electron chi connectivity index (χ4n) is 3.86. The van der Waals surface area contributed by atoms with Crippen molar-refractivity contribution in [1.29, 1.82) is 0 Å². The van der Waals surface area contributed by atoms with Crippen LogP contribution in [0.25, 0.3) is 11.4 Å². The number of carbonyl (C=O) groups excluding carboxylic acids is 1. The van der Waals surface area contributed by atoms with E-state index in [4.69, 9.17) is 4.74 Å². The summed E-state index contributed by atoms with van der Waals surface area (Å²) in [7, 11) is 1.85. The summed E-state index contributed by atoms with van der Waals surface area (Å²) in [4.78, 5) is 12.9. The Hall–Kier alpha value is -2.45. The summed E-state index contributed by atoms with van der Waals surface area (Å²) in [6, 6.07) is 8.09. The number of hydrogen-bond donors (Lipinski definition) is 0. The maximum atomic E-state index is 13.2. The predicted octanol–water partition coefficient (Wildman–Crippen LogP) is 4.19. The summed E-state index contributed by atoms with van der Waals surface area (Å²) in [5.41, 5.74) is 3.59. The number of ketones is 1. The third-order valence-corrected chi connectivity index (χ3v) is 6.57. The molecule has 1 aliphatic rings. The molecule has 1 aromatic carbocycles. The number of halogens is 1. The van der Waals surface area contributed by atoms with Crippen molar-refractivity contribution in [2.45, 2.75) is 44.5 Å². The van der Waals surface area contributed by atoms with Crippen molar-refractivity contribution < 1.29 is 13.9 Å². The molecule has 0 saturated carbocycles. The van der Waals surface area contributed by atoms with E-state index in [-0.39, 0.29) is 23.5 Å². The molecule has 1 aliphatic heterocycles. The number of carbonyl (C=O) groups is 1. The standard InChI is InChI=1S/C22H25FN4O2S/c1-14-11-19(15(2)27(14)12-18-5-4-10-29-18)20(28)13-30-22-25-24-21(26(22)3)16-6-8-17(23)9-7-16/h6-9,11,18H,4-5,10,12-13H2,1-3H3/t18-/m1/s1. The Balaban J connectivity index is 1.44. The predicted molar refractivity (Wildman–Crippen MR) is 114 cm³/mol. The highest BCUT2D eigenvalue weighted by Gasteiger charge is 2.22. The fraction of sp³-hybridized carbons (Fsp3) is 0.409. The highest BCUT2D eigenvalue weighted by Crippen LogP contribution is 2.25. The smallest absolute Gasteiger partial charge is 0.191 e. The van der Waals surface area contributed by atoms with Crippen molar-refractivity contribution in [2.75, 3.05) is 12.4 Å². The zero-order valence-corrected chi connectivity index (χ0v) is 18.2. The number of Topliss-reactive ketones (excluding diaryl/α,β-unsaturated/α-hetero) is 1. The first kappa shape index (κ1) is 20.8. The minimum absolute atomic E-state index is 0.0676. The number of nitrogens with zero attached hydrogens (tertiary/aromatic N) is 4. The van der Waals surface area contributed by atoms with E-state index >= 15 is 0 Å². The van der Waals surface area contributed by atoms with E-state index in [9.17, 15) is 9.18 Å². The summed E-state index contributed by atoms with van der Waals surface area (Å²) >= 11 is 1.36. The molecule has 0 spiro atoms. The topological polar surface area (TPSA) is 61.9 Å². The molecule has 0 unspecified atom stereocenters. The van der Waals surface area contributed by atoms with Crippen LogP contribution in [0.3, 0.4) is 0 Å². The quantitative estimate of drug-likeness (QED) is 0.417. The van der Waals surface area contributed by atoms with Gasteiger partial charge in [-0.1, -0.05) is 11.8 Å². The third-order valence-electron chi connectivity index (χ3n) is 5.55. The Bertz CT molecular complexity index is 1050. The van der Waals surface area contributed by atoms with Crippen molar-refractivity contribution >= 4 is 17.5 Å². The third kappa shape index (κ3) is 4.20. The lowest BCUT2D eigenvalue weighted by atomic mass is 10.2. The highest BCUT2D eigenvalue weighted by molar-refractivity contribution is 7.99. The molecule has 6 nitrogen and oxygen atoms in total. The molecule has 2 aromatic heterocycles. The van der Waals surface area contributed by atoms with Gasteiger partial charge in [-0.2, -0.15) is 0 Å². The Labute approximate surface area is 179 Å². The van der Waals surface area contributed by atoms with E-state index in [0.717, 1.165) is 48.5 Å². The first-order valence-corrected chi connectivity index (χ1v) is 11.0. The van der Waals surface area contributed by atoms with Crippen LogP contribution in [0.5, 0.6) is 0 Å². The van der Waals surface area contributed by atoms with Crippen LogP contribution in [-0.4, -0.2) is 43.6 Å². The second-order valence-electron chi connectivity index (χ2n) is 7.61. The summed E-state index contributed by atoms with van der Waals surface area (Å²) in [5.74, 6) is 0.690. The maximum Gasteiger partial charge on any atom is 0.191 e. The van der Waals surface area contributed by atoms with Gasteiger partial charge in [-0.3, -0.25) is 4.79 Å². The van der Waals surface area contributed by atoms with Gasteiger partial charge in [0.25, 0.3) is 0 Å². The van der Waals surface area contributed by atoms with Crippen molar-refractivity contribution in [2.24, 2.45) is 7.05 Å². The Morgan fingerprint density at radius 1 is 1.27 bits per heavy atom. The van der Waals surface area contributed by atoms with Crippen molar-refractivity contribution in [3.63, 3.8) is 0 Å². The van der Waals surface area contributed by atoms with Crippen LogP contribution in [0.1, 0.15) is 34.6 Å². The minimum Gasteiger partial charge on any atom is -0.376 e. The number of thioether (sulfide) groups is 1. The van der Waals surface area contributed by atoms with Crippen molar-refractivity contribution in [3.05, 3.63) is 53.1 Å². The SMILES string of the molecule is Cc1cc(C(=O)CSc2nnc(-c3ccc(F)cc3)n2C)c(C)n1C[C@H]1CCCO1. The lowest BCUT2D eigenvalue weighted by Gasteiger charge is -2.14. The van der Waals surface area contributed by atoms with Crippen LogP contribution >= 0.6 is 11.8 Å². The number of ether oxygens (including phenoxy) is 1. The molecule has 0 N–H and O–H groups in total. The minimum atomic E-state index is -0.293. The van der Waals surface area contributed by atoms with Crippen LogP contribution in [-0.2, 0) is 18.3 Å². The molecule has 4 rings (SSSR count). The van der Waals surface area contributed by atoms with Gasteiger partial charge in [-0.15, -0.1) is 10.2 Å². The summed E-state index contributed by atoms with van der Waals surface area (Å²) in [5, 5.41) is 9.05. The Morgan fingerprint density at radius 2 is 2.03 bits per heavy atom. The number of rotatable bonds is 7. The average molecular weight is 429 g/mol. The molecule has 0 radical (unpaired) electrons. The van der Waals surface area contributed by atoms with Crippen molar-refractivity contribution in [1.82, 2.24) is 19.3 Å². The molecule has 1 fully saturated rings. The van der Waals surface area contributed by atoms with Gasteiger partial charge in [0.15, 0.2) is 16.8 Å². The number of benzene rings is 1. The van der Waals surface area contributed by atoms with Crippen LogP contribution in [0, 0.1) is 19.7 Å². The molecular formula is C22H25FN4O2S. The maximum absolute atomic E-state index is 13.2. The van der Waals surface area contributed by atoms with Gasteiger partial charge in [0.1, 0.15) is 5.82 Å². The second-order valence-corrected chi connectivity index (χ2v) is 8.56. The molecule has 1 atom stereocenters. The molecule has 30 heavy (non-hydrogen) atoms. The van der Waals surface area contributed by atoms with E-state index in [0.29, 0.717) is 11.0 Å². The number of hydrogen-bond acceptors (Lipinski definition) is 5. The number of aryl methyl sites for hydroxylation is 1. The van der Waals surface area contributed by atoms with E-state index in [1.807, 2.05) is 31.5 Å². The van der Waals surface area contributed by atoms with E-state index in [2.05, 4.69) is 14.8 Å². The number of aromatic nitrogens is 4. The van der Waals surface area contributed by atoms with Crippen LogP contribution < -0.4 is 0 Å². The molecule has 0 aliphatic carbocycles. The molecule has 0 bridgehead atoms. The van der Waals surface area contributed by atoms with Crippen LogP contribution in [0.4, 0.5) is 4.39 Å². The molecule has 3 heterocycles. The van der Waals surface area contributed by atoms with E-state index in [1.54, 1.807) is 12.1 Å². The monoisotopic (exact) mass is 428 g/mol. The normalized spacial score (nSPS) is 16.3. The molecule has 1 saturated heterocycles. The summed E-state index contributed by atoms with van der Waals surface area (Å²) in [6.45, 7) is 5.64. The first-order valence-electron chi connectivity index (χ1n) is 10.0. The van der Waals surface area contributed by atoms with E-state index < -0.39 is 0 Å². The van der Waals surface area contributed by atoms with E-state index in [1.165, 1.54) is 23.9 Å². The Kier molecular flexibility index (Phi) is 6.06. The average Bonchev–Trinajstić information content (AvgIpc) is 3.44. The van der Waals surface area contributed by atoms with Gasteiger partial charge in [0, 0.05) is 42.7 Å². The van der Waals surface area contributed by atoms with Gasteiger partial charge >= 0.3 is 0 Å². The van der Waals surface area contributed by atoms with Gasteiger partial charge in [-0.05, 0) is 57.0 Å². The lowest BCUT2D eigenvalue weighted by Crippen LogP contribution is -2.17.